The van der Waals surface area contributed by atoms with E-state index >= 15 is 0 Å². The maximum atomic E-state index is 13.3. The van der Waals surface area contributed by atoms with E-state index in [2.05, 4.69) is 9.88 Å². The number of anilines is 1. The number of hydrogen-bond donors (Lipinski definition) is 1. The summed E-state index contributed by atoms with van der Waals surface area (Å²) in [7, 11) is 0. The lowest BCUT2D eigenvalue weighted by Gasteiger charge is -2.33. The summed E-state index contributed by atoms with van der Waals surface area (Å²) in [6.45, 7) is 3.24. The van der Waals surface area contributed by atoms with Crippen LogP contribution >= 0.6 is 0 Å². The summed E-state index contributed by atoms with van der Waals surface area (Å²) >= 11 is 0. The standard InChI is InChI=1S/C18H22FN3O/c19-16-3-1-2-15(10-16)12-22-8-9-23-17(13-22)5-4-14-6-7-21-18(20)11-14/h1-3,6-7,10-11,17H,4-5,8-9,12-13H2,(H2,20,21)/t17-/m0/s1. The molecule has 3 rings (SSSR count). The van der Waals surface area contributed by atoms with Crippen molar-refractivity contribution in [2.75, 3.05) is 25.4 Å². The van der Waals surface area contributed by atoms with Gasteiger partial charge in [0, 0.05) is 25.8 Å². The summed E-state index contributed by atoms with van der Waals surface area (Å²) in [6, 6.07) is 10.7. The molecular formula is C18H22FN3O. The molecule has 0 amide bonds. The molecule has 2 heterocycles. The molecule has 1 fully saturated rings. The lowest BCUT2D eigenvalue weighted by molar-refractivity contribution is -0.0345. The fraction of sp³-hybridized carbons (Fsp3) is 0.389. The van der Waals surface area contributed by atoms with Crippen molar-refractivity contribution < 1.29 is 9.13 Å². The fourth-order valence-corrected chi connectivity index (χ4v) is 2.97. The highest BCUT2D eigenvalue weighted by molar-refractivity contribution is 5.31. The number of aryl methyl sites for hydroxylation is 1. The van der Waals surface area contributed by atoms with Crippen molar-refractivity contribution in [3.63, 3.8) is 0 Å². The minimum atomic E-state index is -0.178. The van der Waals surface area contributed by atoms with Crippen molar-refractivity contribution in [2.24, 2.45) is 0 Å². The van der Waals surface area contributed by atoms with Crippen molar-refractivity contribution in [1.82, 2.24) is 9.88 Å². The molecule has 0 aliphatic carbocycles. The van der Waals surface area contributed by atoms with Crippen LogP contribution in [0.3, 0.4) is 0 Å². The monoisotopic (exact) mass is 315 g/mol. The first-order valence-electron chi connectivity index (χ1n) is 7.98. The second kappa shape index (κ2) is 7.53. The molecule has 1 aromatic carbocycles. The summed E-state index contributed by atoms with van der Waals surface area (Å²) in [6.07, 6.45) is 3.81. The molecule has 0 radical (unpaired) electrons. The van der Waals surface area contributed by atoms with Gasteiger partial charge in [0.2, 0.25) is 0 Å². The average Bonchev–Trinajstić information content (AvgIpc) is 2.53. The molecule has 1 aliphatic heterocycles. The van der Waals surface area contributed by atoms with E-state index in [1.807, 2.05) is 18.2 Å². The van der Waals surface area contributed by atoms with Crippen LogP contribution in [0.4, 0.5) is 10.2 Å². The lowest BCUT2D eigenvalue weighted by Crippen LogP contribution is -2.42. The van der Waals surface area contributed by atoms with E-state index in [4.69, 9.17) is 10.5 Å². The smallest absolute Gasteiger partial charge is 0.123 e. The molecule has 4 nitrogen and oxygen atoms in total. The predicted molar refractivity (Wildman–Crippen MR) is 88.4 cm³/mol. The Bertz CT molecular complexity index is 650. The first kappa shape index (κ1) is 15.9. The van der Waals surface area contributed by atoms with Gasteiger partial charge in [-0.2, -0.15) is 0 Å². The fourth-order valence-electron chi connectivity index (χ4n) is 2.97. The summed E-state index contributed by atoms with van der Waals surface area (Å²) in [5, 5.41) is 0. The van der Waals surface area contributed by atoms with Crippen molar-refractivity contribution in [1.29, 1.82) is 0 Å². The Morgan fingerprint density at radius 3 is 3.00 bits per heavy atom. The van der Waals surface area contributed by atoms with Gasteiger partial charge in [0.15, 0.2) is 0 Å². The molecular weight excluding hydrogens is 293 g/mol. The van der Waals surface area contributed by atoms with Crippen LogP contribution in [-0.2, 0) is 17.7 Å². The molecule has 1 aromatic heterocycles. The van der Waals surface area contributed by atoms with Gasteiger partial charge >= 0.3 is 0 Å². The van der Waals surface area contributed by atoms with E-state index in [0.29, 0.717) is 5.82 Å². The number of benzene rings is 1. The van der Waals surface area contributed by atoms with Crippen LogP contribution in [0.2, 0.25) is 0 Å². The van der Waals surface area contributed by atoms with Crippen LogP contribution in [-0.4, -0.2) is 35.7 Å². The van der Waals surface area contributed by atoms with Gasteiger partial charge in [0.25, 0.3) is 0 Å². The Morgan fingerprint density at radius 2 is 2.17 bits per heavy atom. The van der Waals surface area contributed by atoms with Gasteiger partial charge in [-0.1, -0.05) is 12.1 Å². The zero-order chi connectivity index (χ0) is 16.1. The van der Waals surface area contributed by atoms with Crippen molar-refractivity contribution in [3.05, 3.63) is 59.5 Å². The van der Waals surface area contributed by atoms with Gasteiger partial charge < -0.3 is 10.5 Å². The highest BCUT2D eigenvalue weighted by atomic mass is 19.1. The number of halogens is 1. The summed E-state index contributed by atoms with van der Waals surface area (Å²) in [4.78, 5) is 6.33. The largest absolute Gasteiger partial charge is 0.384 e. The van der Waals surface area contributed by atoms with E-state index in [0.717, 1.165) is 44.6 Å². The van der Waals surface area contributed by atoms with Crippen LogP contribution < -0.4 is 5.73 Å². The van der Waals surface area contributed by atoms with Crippen LogP contribution in [0.25, 0.3) is 0 Å². The third-order valence-electron chi connectivity index (χ3n) is 4.12. The second-order valence-electron chi connectivity index (χ2n) is 5.99. The van der Waals surface area contributed by atoms with Crippen LogP contribution in [0.15, 0.2) is 42.6 Å². The van der Waals surface area contributed by atoms with Crippen LogP contribution in [0.1, 0.15) is 17.5 Å². The molecule has 0 spiro atoms. The molecule has 23 heavy (non-hydrogen) atoms. The maximum absolute atomic E-state index is 13.3. The molecule has 2 N–H and O–H groups in total. The normalized spacial score (nSPS) is 18.9. The van der Waals surface area contributed by atoms with Gasteiger partial charge in [0.1, 0.15) is 11.6 Å². The third-order valence-corrected chi connectivity index (χ3v) is 4.12. The Labute approximate surface area is 136 Å². The summed E-state index contributed by atoms with van der Waals surface area (Å²) < 4.78 is 19.1. The van der Waals surface area contributed by atoms with E-state index in [1.54, 1.807) is 18.3 Å². The van der Waals surface area contributed by atoms with Crippen LogP contribution in [0, 0.1) is 5.82 Å². The quantitative estimate of drug-likeness (QED) is 0.921. The van der Waals surface area contributed by atoms with Crippen LogP contribution in [0.5, 0.6) is 0 Å². The zero-order valence-electron chi connectivity index (χ0n) is 13.1. The molecule has 1 atom stereocenters. The predicted octanol–water partition coefficient (Wildman–Crippen LogP) is 2.64. The summed E-state index contributed by atoms with van der Waals surface area (Å²) in [5.74, 6) is 0.377. The molecule has 0 bridgehead atoms. The zero-order valence-corrected chi connectivity index (χ0v) is 13.1. The summed E-state index contributed by atoms with van der Waals surface area (Å²) in [5.41, 5.74) is 7.90. The Kier molecular flexibility index (Phi) is 5.20. The number of aromatic nitrogens is 1. The number of nitrogen functional groups attached to an aromatic ring is 1. The van der Waals surface area contributed by atoms with Gasteiger partial charge in [0.05, 0.1) is 12.7 Å². The maximum Gasteiger partial charge on any atom is 0.123 e. The van der Waals surface area contributed by atoms with E-state index < -0.39 is 0 Å². The van der Waals surface area contributed by atoms with E-state index in [1.165, 1.54) is 11.6 Å². The Morgan fingerprint density at radius 1 is 1.26 bits per heavy atom. The third kappa shape index (κ3) is 4.74. The van der Waals surface area contributed by atoms with Crippen molar-refractivity contribution >= 4 is 5.82 Å². The first-order chi connectivity index (χ1) is 11.2. The first-order valence-corrected chi connectivity index (χ1v) is 7.98. The minimum Gasteiger partial charge on any atom is -0.384 e. The molecule has 122 valence electrons. The molecule has 1 aliphatic rings. The Hall–Kier alpha value is -1.98. The van der Waals surface area contributed by atoms with E-state index in [-0.39, 0.29) is 11.9 Å². The number of nitrogens with two attached hydrogens (primary N) is 1. The van der Waals surface area contributed by atoms with Gasteiger partial charge in [-0.25, -0.2) is 9.37 Å². The number of hydrogen-bond acceptors (Lipinski definition) is 4. The topological polar surface area (TPSA) is 51.4 Å². The highest BCUT2D eigenvalue weighted by Gasteiger charge is 2.20. The van der Waals surface area contributed by atoms with Crippen molar-refractivity contribution in [3.8, 4) is 0 Å². The van der Waals surface area contributed by atoms with Gasteiger partial charge in [-0.3, -0.25) is 4.90 Å². The highest BCUT2D eigenvalue weighted by Crippen LogP contribution is 2.16. The Balaban J connectivity index is 1.52. The average molecular weight is 315 g/mol. The number of morpholine rings is 1. The van der Waals surface area contributed by atoms with Gasteiger partial charge in [-0.15, -0.1) is 0 Å². The molecule has 1 saturated heterocycles. The molecule has 0 saturated carbocycles. The second-order valence-corrected chi connectivity index (χ2v) is 5.99. The molecule has 5 heteroatoms. The molecule has 0 unspecified atom stereocenters. The molecule has 2 aromatic rings. The van der Waals surface area contributed by atoms with Gasteiger partial charge in [-0.05, 0) is 48.2 Å². The van der Waals surface area contributed by atoms with Crippen molar-refractivity contribution in [2.45, 2.75) is 25.5 Å². The minimum absolute atomic E-state index is 0.178. The lowest BCUT2D eigenvalue weighted by atomic mass is 10.1. The number of ether oxygens (including phenoxy) is 1. The number of pyridine rings is 1. The number of nitrogens with zero attached hydrogens (tertiary/aromatic N) is 2. The number of rotatable bonds is 5. The SMILES string of the molecule is Nc1cc(CC[C@H]2CN(Cc3cccc(F)c3)CCO2)ccn1. The van der Waals surface area contributed by atoms with E-state index in [9.17, 15) is 4.39 Å².